The van der Waals surface area contributed by atoms with Gasteiger partial charge in [-0.2, -0.15) is 0 Å². The first kappa shape index (κ1) is 15.2. The van der Waals surface area contributed by atoms with Crippen molar-refractivity contribution < 1.29 is 9.59 Å². The first-order valence-electron chi connectivity index (χ1n) is 7.49. The van der Waals surface area contributed by atoms with Gasteiger partial charge in [0, 0.05) is 13.0 Å². The molecule has 0 aromatic rings. The molecule has 104 valence electrons. The van der Waals surface area contributed by atoms with E-state index in [-0.39, 0.29) is 17.7 Å². The van der Waals surface area contributed by atoms with E-state index < -0.39 is 0 Å². The molecule has 0 aliphatic carbocycles. The summed E-state index contributed by atoms with van der Waals surface area (Å²) >= 11 is 0. The Hall–Kier alpha value is -0.860. The van der Waals surface area contributed by atoms with Gasteiger partial charge in [-0.3, -0.25) is 14.5 Å². The Labute approximate surface area is 111 Å². The van der Waals surface area contributed by atoms with Gasteiger partial charge in [0.15, 0.2) is 0 Å². The van der Waals surface area contributed by atoms with Gasteiger partial charge in [-0.1, -0.05) is 39.5 Å². The lowest BCUT2D eigenvalue weighted by Crippen LogP contribution is -2.32. The van der Waals surface area contributed by atoms with Crippen LogP contribution in [-0.4, -0.2) is 23.3 Å². The molecule has 1 aliphatic rings. The fraction of sp³-hybridized carbons (Fsp3) is 0.867. The van der Waals surface area contributed by atoms with E-state index in [1.807, 2.05) is 6.92 Å². The van der Waals surface area contributed by atoms with Crippen molar-refractivity contribution in [1.29, 1.82) is 0 Å². The summed E-state index contributed by atoms with van der Waals surface area (Å²) in [6.07, 6.45) is 7.34. The zero-order chi connectivity index (χ0) is 13.5. The standard InChI is InChI=1S/C15H27NO2/c1-4-7-8-10-12(9-5-2)13-11-14(17)16(6-3)15(13)18/h12-13H,4-11H2,1-3H3. The number of rotatable bonds is 8. The lowest BCUT2D eigenvalue weighted by atomic mass is 9.83. The number of carbonyl (C=O) groups is 2. The Morgan fingerprint density at radius 3 is 2.33 bits per heavy atom. The lowest BCUT2D eigenvalue weighted by molar-refractivity contribution is -0.139. The number of likely N-dealkylation sites (tertiary alicyclic amines) is 1. The van der Waals surface area contributed by atoms with Crippen molar-refractivity contribution in [1.82, 2.24) is 4.90 Å². The van der Waals surface area contributed by atoms with Gasteiger partial charge in [-0.15, -0.1) is 0 Å². The van der Waals surface area contributed by atoms with Crippen molar-refractivity contribution >= 4 is 11.8 Å². The zero-order valence-corrected chi connectivity index (χ0v) is 12.1. The summed E-state index contributed by atoms with van der Waals surface area (Å²) in [5.41, 5.74) is 0. The third-order valence-electron chi connectivity index (χ3n) is 4.00. The fourth-order valence-corrected chi connectivity index (χ4v) is 2.98. The molecule has 3 heteroatoms. The Morgan fingerprint density at radius 2 is 1.83 bits per heavy atom. The predicted octanol–water partition coefficient (Wildman–Crippen LogP) is 3.38. The molecule has 2 amide bonds. The highest BCUT2D eigenvalue weighted by atomic mass is 16.2. The maximum absolute atomic E-state index is 12.2. The van der Waals surface area contributed by atoms with E-state index in [1.54, 1.807) is 0 Å². The van der Waals surface area contributed by atoms with Crippen molar-refractivity contribution in [2.24, 2.45) is 11.8 Å². The minimum atomic E-state index is -0.0331. The molecular formula is C15H27NO2. The Bertz CT molecular complexity index is 288. The third kappa shape index (κ3) is 3.56. The SMILES string of the molecule is CCCCCC(CCC)C1CC(=O)N(CC)C1=O. The lowest BCUT2D eigenvalue weighted by Gasteiger charge is -2.21. The molecule has 0 radical (unpaired) electrons. The van der Waals surface area contributed by atoms with Crippen LogP contribution in [0.3, 0.4) is 0 Å². The molecule has 0 aromatic carbocycles. The second-order valence-electron chi connectivity index (χ2n) is 5.33. The van der Waals surface area contributed by atoms with E-state index in [0.29, 0.717) is 18.9 Å². The number of imide groups is 1. The summed E-state index contributed by atoms with van der Waals surface area (Å²) in [5.74, 6) is 0.491. The number of unbranched alkanes of at least 4 members (excludes halogenated alkanes) is 2. The van der Waals surface area contributed by atoms with Gasteiger partial charge in [0.1, 0.15) is 0 Å². The topological polar surface area (TPSA) is 37.4 Å². The Kier molecular flexibility index (Phi) is 6.37. The maximum Gasteiger partial charge on any atom is 0.233 e. The summed E-state index contributed by atoms with van der Waals surface area (Å²) in [6, 6.07) is 0. The van der Waals surface area contributed by atoms with Gasteiger partial charge in [0.05, 0.1) is 5.92 Å². The average molecular weight is 253 g/mol. The fourth-order valence-electron chi connectivity index (χ4n) is 2.98. The second-order valence-corrected chi connectivity index (χ2v) is 5.33. The van der Waals surface area contributed by atoms with Gasteiger partial charge in [-0.25, -0.2) is 0 Å². The molecule has 0 spiro atoms. The normalized spacial score (nSPS) is 21.7. The van der Waals surface area contributed by atoms with Crippen LogP contribution in [0.15, 0.2) is 0 Å². The summed E-state index contributed by atoms with van der Waals surface area (Å²) in [6.45, 7) is 6.76. The molecule has 3 nitrogen and oxygen atoms in total. The summed E-state index contributed by atoms with van der Waals surface area (Å²) in [5, 5.41) is 0. The first-order chi connectivity index (χ1) is 8.65. The number of amides is 2. The smallest absolute Gasteiger partial charge is 0.233 e. The van der Waals surface area contributed by atoms with Crippen LogP contribution in [0.5, 0.6) is 0 Å². The number of carbonyl (C=O) groups excluding carboxylic acids is 2. The number of hydrogen-bond acceptors (Lipinski definition) is 2. The highest BCUT2D eigenvalue weighted by molar-refractivity contribution is 6.03. The van der Waals surface area contributed by atoms with E-state index in [0.717, 1.165) is 19.3 Å². The molecule has 1 heterocycles. The number of nitrogens with zero attached hydrogens (tertiary/aromatic N) is 1. The van der Waals surface area contributed by atoms with Crippen LogP contribution in [0.1, 0.15) is 65.7 Å². The zero-order valence-electron chi connectivity index (χ0n) is 12.1. The van der Waals surface area contributed by atoms with Gasteiger partial charge in [-0.05, 0) is 25.7 Å². The summed E-state index contributed by atoms with van der Waals surface area (Å²) in [7, 11) is 0. The van der Waals surface area contributed by atoms with Crippen molar-refractivity contribution in [3.63, 3.8) is 0 Å². The minimum Gasteiger partial charge on any atom is -0.283 e. The van der Waals surface area contributed by atoms with Gasteiger partial charge in [0.2, 0.25) is 11.8 Å². The summed E-state index contributed by atoms with van der Waals surface area (Å²) < 4.78 is 0. The van der Waals surface area contributed by atoms with E-state index in [2.05, 4.69) is 13.8 Å². The molecule has 1 fully saturated rings. The van der Waals surface area contributed by atoms with Crippen LogP contribution >= 0.6 is 0 Å². The molecule has 2 unspecified atom stereocenters. The van der Waals surface area contributed by atoms with E-state index in [1.165, 1.54) is 24.2 Å². The van der Waals surface area contributed by atoms with Crippen LogP contribution in [0, 0.1) is 11.8 Å². The summed E-state index contributed by atoms with van der Waals surface area (Å²) in [4.78, 5) is 25.4. The van der Waals surface area contributed by atoms with Crippen molar-refractivity contribution in [3.05, 3.63) is 0 Å². The average Bonchev–Trinajstić information content (AvgIpc) is 2.63. The minimum absolute atomic E-state index is 0.0316. The molecule has 0 bridgehead atoms. The van der Waals surface area contributed by atoms with Gasteiger partial charge >= 0.3 is 0 Å². The number of hydrogen-bond donors (Lipinski definition) is 0. The molecule has 1 rings (SSSR count). The van der Waals surface area contributed by atoms with Crippen molar-refractivity contribution in [2.45, 2.75) is 65.7 Å². The molecule has 0 saturated carbocycles. The Balaban J connectivity index is 2.62. The monoisotopic (exact) mass is 253 g/mol. The second kappa shape index (κ2) is 7.55. The van der Waals surface area contributed by atoms with Crippen LogP contribution in [0.4, 0.5) is 0 Å². The van der Waals surface area contributed by atoms with Crippen molar-refractivity contribution in [2.75, 3.05) is 6.54 Å². The highest BCUT2D eigenvalue weighted by Crippen LogP contribution is 2.33. The van der Waals surface area contributed by atoms with Crippen LogP contribution < -0.4 is 0 Å². The van der Waals surface area contributed by atoms with Crippen molar-refractivity contribution in [3.8, 4) is 0 Å². The predicted molar refractivity (Wildman–Crippen MR) is 73.0 cm³/mol. The van der Waals surface area contributed by atoms with E-state index >= 15 is 0 Å². The van der Waals surface area contributed by atoms with Gasteiger partial charge in [0.25, 0.3) is 0 Å². The largest absolute Gasteiger partial charge is 0.283 e. The van der Waals surface area contributed by atoms with E-state index in [9.17, 15) is 9.59 Å². The third-order valence-corrected chi connectivity index (χ3v) is 4.00. The molecule has 18 heavy (non-hydrogen) atoms. The van der Waals surface area contributed by atoms with Crippen LogP contribution in [0.2, 0.25) is 0 Å². The van der Waals surface area contributed by atoms with Crippen LogP contribution in [0.25, 0.3) is 0 Å². The molecule has 1 aliphatic heterocycles. The quantitative estimate of drug-likeness (QED) is 0.491. The first-order valence-corrected chi connectivity index (χ1v) is 7.49. The van der Waals surface area contributed by atoms with Crippen LogP contribution in [-0.2, 0) is 9.59 Å². The molecule has 0 N–H and O–H groups in total. The molecule has 0 aromatic heterocycles. The highest BCUT2D eigenvalue weighted by Gasteiger charge is 2.41. The molecule has 2 atom stereocenters. The maximum atomic E-state index is 12.2. The molecular weight excluding hydrogens is 226 g/mol. The van der Waals surface area contributed by atoms with Gasteiger partial charge < -0.3 is 0 Å². The molecule has 1 saturated heterocycles. The van der Waals surface area contributed by atoms with E-state index in [4.69, 9.17) is 0 Å². The Morgan fingerprint density at radius 1 is 1.11 bits per heavy atom.